The molecule has 10 heteroatoms. The number of carbonyl (C=O) groups is 2. The summed E-state index contributed by atoms with van der Waals surface area (Å²) in [5.74, 6) is -1.17. The van der Waals surface area contributed by atoms with Crippen LogP contribution in [0.3, 0.4) is 0 Å². The molecular formula is C25H31FN4O4S. The van der Waals surface area contributed by atoms with Crippen LogP contribution in [0.25, 0.3) is 0 Å². The van der Waals surface area contributed by atoms with Crippen molar-refractivity contribution in [3.8, 4) is 0 Å². The number of sulfonamides is 1. The molecule has 0 aliphatic carbocycles. The highest BCUT2D eigenvalue weighted by Crippen LogP contribution is 2.25. The maximum absolute atomic E-state index is 14.0. The van der Waals surface area contributed by atoms with E-state index >= 15 is 0 Å². The van der Waals surface area contributed by atoms with Crippen LogP contribution in [0.2, 0.25) is 0 Å². The lowest BCUT2D eigenvalue weighted by molar-refractivity contribution is -0.126. The Hall–Kier alpha value is -2.98. The first kappa shape index (κ1) is 25.1. The number of para-hydroxylation sites is 1. The molecule has 1 unspecified atom stereocenters. The molecule has 0 bridgehead atoms. The third-order valence-corrected chi connectivity index (χ3v) is 8.50. The molecule has 1 N–H and O–H groups in total. The monoisotopic (exact) mass is 502 g/mol. The van der Waals surface area contributed by atoms with Crippen LogP contribution in [0.15, 0.2) is 48.5 Å². The van der Waals surface area contributed by atoms with E-state index in [1.807, 2.05) is 36.1 Å². The molecule has 0 aromatic heterocycles. The van der Waals surface area contributed by atoms with Crippen LogP contribution in [0.1, 0.15) is 18.4 Å². The number of benzene rings is 2. The normalized spacial score (nSPS) is 19.3. The highest BCUT2D eigenvalue weighted by molar-refractivity contribution is 7.89. The van der Waals surface area contributed by atoms with Gasteiger partial charge in [-0.15, -0.1) is 0 Å². The number of anilines is 2. The number of aryl methyl sites for hydroxylation is 1. The molecule has 2 saturated heterocycles. The van der Waals surface area contributed by atoms with E-state index in [2.05, 4.69) is 5.32 Å². The van der Waals surface area contributed by atoms with Crippen molar-refractivity contribution in [2.75, 3.05) is 54.8 Å². The predicted molar refractivity (Wildman–Crippen MR) is 133 cm³/mol. The Morgan fingerprint density at radius 2 is 1.74 bits per heavy atom. The summed E-state index contributed by atoms with van der Waals surface area (Å²) < 4.78 is 40.9. The van der Waals surface area contributed by atoms with E-state index in [1.165, 1.54) is 10.4 Å². The molecule has 2 aromatic carbocycles. The number of nitrogens with zero attached hydrogens (tertiary/aromatic N) is 3. The van der Waals surface area contributed by atoms with Gasteiger partial charge in [0.05, 0.1) is 17.4 Å². The largest absolute Gasteiger partial charge is 0.367 e. The molecule has 188 valence electrons. The molecule has 1 atom stereocenters. The number of hydrogen-bond donors (Lipinski definition) is 1. The van der Waals surface area contributed by atoms with Crippen molar-refractivity contribution in [1.29, 1.82) is 0 Å². The van der Waals surface area contributed by atoms with Gasteiger partial charge in [0, 0.05) is 51.4 Å². The summed E-state index contributed by atoms with van der Waals surface area (Å²) in [4.78, 5) is 28.4. The van der Waals surface area contributed by atoms with E-state index in [-0.39, 0.29) is 42.8 Å². The number of rotatable bonds is 8. The Balaban J connectivity index is 1.20. The van der Waals surface area contributed by atoms with Gasteiger partial charge in [0.2, 0.25) is 21.8 Å². The minimum absolute atomic E-state index is 0.0773. The Bertz CT molecular complexity index is 1160. The second-order valence-electron chi connectivity index (χ2n) is 9.04. The summed E-state index contributed by atoms with van der Waals surface area (Å²) in [6.07, 6.45) is 0.425. The third-order valence-electron chi connectivity index (χ3n) is 6.54. The Morgan fingerprint density at radius 3 is 2.43 bits per heavy atom. The van der Waals surface area contributed by atoms with Gasteiger partial charge in [0.1, 0.15) is 5.82 Å². The number of hydrogen-bond acceptors (Lipinski definition) is 5. The summed E-state index contributed by atoms with van der Waals surface area (Å²) in [7, 11) is -3.47. The smallest absolute Gasteiger partial charge is 0.227 e. The van der Waals surface area contributed by atoms with Crippen molar-refractivity contribution < 1.29 is 22.4 Å². The first-order valence-corrected chi connectivity index (χ1v) is 13.5. The van der Waals surface area contributed by atoms with Gasteiger partial charge >= 0.3 is 0 Å². The molecule has 2 amide bonds. The van der Waals surface area contributed by atoms with Crippen LogP contribution >= 0.6 is 0 Å². The average molecular weight is 503 g/mol. The molecule has 2 aliphatic heterocycles. The van der Waals surface area contributed by atoms with E-state index in [1.54, 1.807) is 23.1 Å². The number of nitrogens with one attached hydrogen (secondary N) is 1. The number of carbonyl (C=O) groups excluding carboxylic acids is 2. The van der Waals surface area contributed by atoms with Gasteiger partial charge in [0.25, 0.3) is 0 Å². The van der Waals surface area contributed by atoms with Gasteiger partial charge in [-0.3, -0.25) is 9.59 Å². The van der Waals surface area contributed by atoms with Gasteiger partial charge in [0.15, 0.2) is 0 Å². The summed E-state index contributed by atoms with van der Waals surface area (Å²) >= 11 is 0. The fraction of sp³-hybridized carbons (Fsp3) is 0.440. The molecule has 0 radical (unpaired) electrons. The quantitative estimate of drug-likeness (QED) is 0.559. The van der Waals surface area contributed by atoms with E-state index in [0.717, 1.165) is 11.3 Å². The van der Waals surface area contributed by atoms with Gasteiger partial charge in [-0.2, -0.15) is 4.31 Å². The van der Waals surface area contributed by atoms with Crippen LogP contribution in [-0.2, 0) is 19.6 Å². The van der Waals surface area contributed by atoms with Crippen molar-refractivity contribution in [1.82, 2.24) is 9.62 Å². The van der Waals surface area contributed by atoms with Crippen LogP contribution in [0, 0.1) is 18.7 Å². The standard InChI is InChI=1S/C25H31FN4O4S/c1-19-7-9-21(10-8-19)30-18-20(17-24(30)31)25(32)27-11-4-16-35(33,34)29-14-12-28(13-15-29)23-6-3-2-5-22(23)26/h2-3,5-10,20H,4,11-18H2,1H3,(H,27,32). The molecular weight excluding hydrogens is 471 g/mol. The Kier molecular flexibility index (Phi) is 7.71. The second kappa shape index (κ2) is 10.7. The zero-order valence-electron chi connectivity index (χ0n) is 19.8. The Morgan fingerprint density at radius 1 is 1.06 bits per heavy atom. The highest BCUT2D eigenvalue weighted by Gasteiger charge is 2.35. The number of piperazine rings is 1. The zero-order chi connectivity index (χ0) is 25.0. The van der Waals surface area contributed by atoms with Crippen molar-refractivity contribution >= 4 is 33.2 Å². The predicted octanol–water partition coefficient (Wildman–Crippen LogP) is 2.15. The van der Waals surface area contributed by atoms with Crippen LogP contribution in [0.5, 0.6) is 0 Å². The van der Waals surface area contributed by atoms with Crippen LogP contribution < -0.4 is 15.1 Å². The fourth-order valence-electron chi connectivity index (χ4n) is 4.51. The van der Waals surface area contributed by atoms with E-state index in [9.17, 15) is 22.4 Å². The Labute approximate surface area is 205 Å². The molecule has 2 aromatic rings. The molecule has 2 heterocycles. The lowest BCUT2D eigenvalue weighted by atomic mass is 10.1. The minimum Gasteiger partial charge on any atom is -0.367 e. The summed E-state index contributed by atoms with van der Waals surface area (Å²) in [5, 5.41) is 2.79. The van der Waals surface area contributed by atoms with Gasteiger partial charge < -0.3 is 15.1 Å². The maximum Gasteiger partial charge on any atom is 0.227 e. The zero-order valence-corrected chi connectivity index (χ0v) is 20.6. The van der Waals surface area contributed by atoms with E-state index < -0.39 is 15.9 Å². The first-order chi connectivity index (χ1) is 16.7. The molecule has 0 saturated carbocycles. The summed E-state index contributed by atoms with van der Waals surface area (Å²) in [6.45, 7) is 3.94. The molecule has 2 fully saturated rings. The van der Waals surface area contributed by atoms with Crippen LogP contribution in [0.4, 0.5) is 15.8 Å². The maximum atomic E-state index is 14.0. The van der Waals surface area contributed by atoms with Gasteiger partial charge in [-0.05, 0) is 37.6 Å². The molecule has 35 heavy (non-hydrogen) atoms. The fourth-order valence-corrected chi connectivity index (χ4v) is 6.00. The number of halogens is 1. The van der Waals surface area contributed by atoms with Crippen molar-refractivity contribution in [2.24, 2.45) is 5.92 Å². The van der Waals surface area contributed by atoms with E-state index in [0.29, 0.717) is 38.4 Å². The average Bonchev–Trinajstić information content (AvgIpc) is 3.24. The van der Waals surface area contributed by atoms with Crippen LogP contribution in [-0.4, -0.2) is 69.6 Å². The molecule has 2 aliphatic rings. The first-order valence-electron chi connectivity index (χ1n) is 11.9. The van der Waals surface area contributed by atoms with E-state index in [4.69, 9.17) is 0 Å². The third kappa shape index (κ3) is 5.99. The summed E-state index contributed by atoms with van der Waals surface area (Å²) in [5.41, 5.74) is 2.35. The van der Waals surface area contributed by atoms with Gasteiger partial charge in [-0.25, -0.2) is 12.8 Å². The SMILES string of the molecule is Cc1ccc(N2CC(C(=O)NCCCS(=O)(=O)N3CCN(c4ccccc4F)CC3)CC2=O)cc1. The number of amides is 2. The molecule has 4 rings (SSSR count). The molecule has 0 spiro atoms. The van der Waals surface area contributed by atoms with Crippen molar-refractivity contribution in [3.63, 3.8) is 0 Å². The topological polar surface area (TPSA) is 90.0 Å². The minimum atomic E-state index is -3.47. The second-order valence-corrected chi connectivity index (χ2v) is 11.1. The lowest BCUT2D eigenvalue weighted by Gasteiger charge is -2.35. The summed E-state index contributed by atoms with van der Waals surface area (Å²) in [6, 6.07) is 14.1. The lowest BCUT2D eigenvalue weighted by Crippen LogP contribution is -2.49. The van der Waals surface area contributed by atoms with Crippen molar-refractivity contribution in [3.05, 3.63) is 59.9 Å². The highest BCUT2D eigenvalue weighted by atomic mass is 32.2. The molecule has 8 nitrogen and oxygen atoms in total. The van der Waals surface area contributed by atoms with Crippen molar-refractivity contribution in [2.45, 2.75) is 19.8 Å². The van der Waals surface area contributed by atoms with Gasteiger partial charge in [-0.1, -0.05) is 29.8 Å².